The average molecular weight is 345 g/mol. The number of hydrogen-bond acceptors (Lipinski definition) is 4. The Morgan fingerprint density at radius 2 is 1.84 bits per heavy atom. The minimum absolute atomic E-state index is 0.143. The molecule has 5 nitrogen and oxygen atoms in total. The van der Waals surface area contributed by atoms with Crippen molar-refractivity contribution in [2.45, 2.75) is 19.8 Å². The standard InChI is InChI=1S/C19H20FNO4/c1-2-24-19(23)14-9-11-21(12-10-14)18(22)17-8-7-16(25-17)13-3-5-15(20)6-4-13/h3-8,14H,2,9-12H2,1H3. The molecule has 0 N–H and O–H groups in total. The van der Waals surface area contributed by atoms with Crippen molar-refractivity contribution in [3.63, 3.8) is 0 Å². The summed E-state index contributed by atoms with van der Waals surface area (Å²) in [6.07, 6.45) is 1.19. The van der Waals surface area contributed by atoms with Crippen LogP contribution < -0.4 is 0 Å². The highest BCUT2D eigenvalue weighted by atomic mass is 19.1. The van der Waals surface area contributed by atoms with Crippen molar-refractivity contribution in [3.8, 4) is 11.3 Å². The van der Waals surface area contributed by atoms with Crippen LogP contribution in [0.15, 0.2) is 40.8 Å². The van der Waals surface area contributed by atoms with E-state index in [4.69, 9.17) is 9.15 Å². The van der Waals surface area contributed by atoms with Crippen LogP contribution in [0, 0.1) is 11.7 Å². The Kier molecular flexibility index (Phi) is 5.16. The Balaban J connectivity index is 1.63. The lowest BCUT2D eigenvalue weighted by Gasteiger charge is -2.30. The van der Waals surface area contributed by atoms with Gasteiger partial charge in [0.2, 0.25) is 0 Å². The van der Waals surface area contributed by atoms with E-state index in [-0.39, 0.29) is 29.4 Å². The highest BCUT2D eigenvalue weighted by Gasteiger charge is 2.29. The molecule has 1 fully saturated rings. The average Bonchev–Trinajstić information content (AvgIpc) is 3.12. The second-order valence-corrected chi connectivity index (χ2v) is 5.99. The molecule has 0 spiro atoms. The largest absolute Gasteiger partial charge is 0.466 e. The fourth-order valence-corrected chi connectivity index (χ4v) is 2.96. The molecule has 25 heavy (non-hydrogen) atoms. The predicted octanol–water partition coefficient (Wildman–Crippen LogP) is 3.50. The SMILES string of the molecule is CCOC(=O)C1CCN(C(=O)c2ccc(-c3ccc(F)cc3)o2)CC1. The number of carbonyl (C=O) groups is 2. The third kappa shape index (κ3) is 3.90. The van der Waals surface area contributed by atoms with Crippen molar-refractivity contribution in [2.75, 3.05) is 19.7 Å². The van der Waals surface area contributed by atoms with E-state index in [1.165, 1.54) is 12.1 Å². The number of furan rings is 1. The number of carbonyl (C=O) groups excluding carboxylic acids is 2. The van der Waals surface area contributed by atoms with E-state index < -0.39 is 0 Å². The zero-order chi connectivity index (χ0) is 17.8. The van der Waals surface area contributed by atoms with E-state index in [0.717, 1.165) is 0 Å². The van der Waals surface area contributed by atoms with Gasteiger partial charge in [-0.15, -0.1) is 0 Å². The molecule has 1 saturated heterocycles. The maximum Gasteiger partial charge on any atom is 0.309 e. The van der Waals surface area contributed by atoms with E-state index in [2.05, 4.69) is 0 Å². The van der Waals surface area contributed by atoms with Gasteiger partial charge in [0.1, 0.15) is 11.6 Å². The first kappa shape index (κ1) is 17.2. The summed E-state index contributed by atoms with van der Waals surface area (Å²) in [5.41, 5.74) is 0.710. The minimum atomic E-state index is -0.323. The van der Waals surface area contributed by atoms with Crippen LogP contribution in [-0.4, -0.2) is 36.5 Å². The Morgan fingerprint density at radius 1 is 1.16 bits per heavy atom. The second-order valence-electron chi connectivity index (χ2n) is 5.99. The van der Waals surface area contributed by atoms with Crippen LogP contribution in [0.25, 0.3) is 11.3 Å². The number of ether oxygens (including phenoxy) is 1. The molecular formula is C19H20FNO4. The molecule has 6 heteroatoms. The molecule has 0 aliphatic carbocycles. The Labute approximate surface area is 145 Å². The Hall–Kier alpha value is -2.63. The fraction of sp³-hybridized carbons (Fsp3) is 0.368. The molecular weight excluding hydrogens is 325 g/mol. The first-order valence-corrected chi connectivity index (χ1v) is 8.40. The molecule has 1 amide bonds. The molecule has 2 heterocycles. The normalized spacial score (nSPS) is 15.2. The van der Waals surface area contributed by atoms with E-state index in [1.807, 2.05) is 0 Å². The first-order valence-electron chi connectivity index (χ1n) is 8.40. The highest BCUT2D eigenvalue weighted by Crippen LogP contribution is 2.25. The Morgan fingerprint density at radius 3 is 2.48 bits per heavy atom. The van der Waals surface area contributed by atoms with Crippen molar-refractivity contribution in [1.82, 2.24) is 4.90 Å². The molecule has 0 unspecified atom stereocenters. The van der Waals surface area contributed by atoms with Gasteiger partial charge in [0, 0.05) is 18.7 Å². The van der Waals surface area contributed by atoms with Crippen molar-refractivity contribution in [3.05, 3.63) is 48.0 Å². The van der Waals surface area contributed by atoms with Gasteiger partial charge < -0.3 is 14.1 Å². The summed E-state index contributed by atoms with van der Waals surface area (Å²) < 4.78 is 23.7. The molecule has 3 rings (SSSR count). The van der Waals surface area contributed by atoms with Crippen LogP contribution in [-0.2, 0) is 9.53 Å². The van der Waals surface area contributed by atoms with Gasteiger partial charge >= 0.3 is 5.97 Å². The maximum absolute atomic E-state index is 13.0. The van der Waals surface area contributed by atoms with E-state index in [9.17, 15) is 14.0 Å². The Bertz CT molecular complexity index is 745. The van der Waals surface area contributed by atoms with Gasteiger partial charge in [-0.25, -0.2) is 4.39 Å². The summed E-state index contributed by atoms with van der Waals surface area (Å²) in [7, 11) is 0. The van der Waals surface area contributed by atoms with Crippen LogP contribution >= 0.6 is 0 Å². The van der Waals surface area contributed by atoms with Gasteiger partial charge in [-0.1, -0.05) is 0 Å². The molecule has 0 atom stereocenters. The van der Waals surface area contributed by atoms with Gasteiger partial charge in [0.25, 0.3) is 5.91 Å². The third-order valence-corrected chi connectivity index (χ3v) is 4.35. The minimum Gasteiger partial charge on any atom is -0.466 e. The van der Waals surface area contributed by atoms with Gasteiger partial charge in [-0.05, 0) is 56.2 Å². The van der Waals surface area contributed by atoms with Crippen molar-refractivity contribution < 1.29 is 23.1 Å². The number of rotatable bonds is 4. The number of piperidine rings is 1. The first-order chi connectivity index (χ1) is 12.1. The maximum atomic E-state index is 13.0. The van der Waals surface area contributed by atoms with Gasteiger partial charge in [-0.3, -0.25) is 9.59 Å². The van der Waals surface area contributed by atoms with Gasteiger partial charge in [0.15, 0.2) is 5.76 Å². The topological polar surface area (TPSA) is 59.8 Å². The van der Waals surface area contributed by atoms with E-state index in [1.54, 1.807) is 36.1 Å². The molecule has 1 aromatic carbocycles. The molecule has 2 aromatic rings. The number of halogens is 1. The van der Waals surface area contributed by atoms with Gasteiger partial charge in [-0.2, -0.15) is 0 Å². The summed E-state index contributed by atoms with van der Waals surface area (Å²) in [5.74, 6) is -0.0908. The summed E-state index contributed by atoms with van der Waals surface area (Å²) in [6.45, 7) is 3.15. The van der Waals surface area contributed by atoms with E-state index in [0.29, 0.717) is 43.9 Å². The molecule has 1 aliphatic heterocycles. The number of likely N-dealkylation sites (tertiary alicyclic amines) is 1. The lowest BCUT2D eigenvalue weighted by atomic mass is 9.97. The van der Waals surface area contributed by atoms with Crippen LogP contribution in [0.3, 0.4) is 0 Å². The van der Waals surface area contributed by atoms with Crippen LogP contribution in [0.1, 0.15) is 30.3 Å². The summed E-state index contributed by atoms with van der Waals surface area (Å²) in [4.78, 5) is 26.0. The molecule has 0 saturated carbocycles. The highest BCUT2D eigenvalue weighted by molar-refractivity contribution is 5.92. The quantitative estimate of drug-likeness (QED) is 0.796. The summed E-state index contributed by atoms with van der Waals surface area (Å²) in [5, 5.41) is 0. The number of nitrogens with zero attached hydrogens (tertiary/aromatic N) is 1. The van der Waals surface area contributed by atoms with Crippen LogP contribution in [0.4, 0.5) is 4.39 Å². The van der Waals surface area contributed by atoms with Crippen LogP contribution in [0.2, 0.25) is 0 Å². The zero-order valence-corrected chi connectivity index (χ0v) is 14.0. The number of esters is 1. The lowest BCUT2D eigenvalue weighted by molar-refractivity contribution is -0.149. The van der Waals surface area contributed by atoms with Crippen LogP contribution in [0.5, 0.6) is 0 Å². The lowest BCUT2D eigenvalue weighted by Crippen LogP contribution is -2.40. The molecule has 1 aliphatic rings. The van der Waals surface area contributed by atoms with Crippen molar-refractivity contribution in [1.29, 1.82) is 0 Å². The van der Waals surface area contributed by atoms with Gasteiger partial charge in [0.05, 0.1) is 12.5 Å². The monoisotopic (exact) mass is 345 g/mol. The molecule has 132 valence electrons. The third-order valence-electron chi connectivity index (χ3n) is 4.35. The molecule has 0 bridgehead atoms. The summed E-state index contributed by atoms with van der Waals surface area (Å²) >= 11 is 0. The number of hydrogen-bond donors (Lipinski definition) is 0. The number of amides is 1. The predicted molar refractivity (Wildman–Crippen MR) is 89.4 cm³/mol. The fourth-order valence-electron chi connectivity index (χ4n) is 2.96. The molecule has 0 radical (unpaired) electrons. The smallest absolute Gasteiger partial charge is 0.309 e. The van der Waals surface area contributed by atoms with E-state index >= 15 is 0 Å². The number of benzene rings is 1. The zero-order valence-electron chi connectivity index (χ0n) is 14.0. The second kappa shape index (κ2) is 7.51. The summed E-state index contributed by atoms with van der Waals surface area (Å²) in [6, 6.07) is 9.23. The van der Waals surface area contributed by atoms with Crippen molar-refractivity contribution in [2.24, 2.45) is 5.92 Å². The van der Waals surface area contributed by atoms with Crippen molar-refractivity contribution >= 4 is 11.9 Å². The molecule has 1 aromatic heterocycles.